The number of terminal acetylenes is 1. The second kappa shape index (κ2) is 4.75. The highest BCUT2D eigenvalue weighted by Crippen LogP contribution is 2.02. The number of carbonyl (C=O) groups is 1. The van der Waals surface area contributed by atoms with Gasteiger partial charge in [-0.25, -0.2) is 4.79 Å². The van der Waals surface area contributed by atoms with E-state index in [1.165, 1.54) is 0 Å². The first-order chi connectivity index (χ1) is 5.84. The fourth-order valence-electron chi connectivity index (χ4n) is 0.830. The molecular weight excluding hydrogens is 160 g/mol. The van der Waals surface area contributed by atoms with Crippen molar-refractivity contribution in [3.63, 3.8) is 0 Å². The van der Waals surface area contributed by atoms with Gasteiger partial charge in [-0.15, -0.1) is 6.42 Å². The smallest absolute Gasteiger partial charge is 0.338 e. The standard InChI is InChI=1S/C8H10O4/c1-2-3-12-8(9)7-6-10-4-5-11-7/h1,7H,3-6H2. The predicted molar refractivity (Wildman–Crippen MR) is 40.4 cm³/mol. The van der Waals surface area contributed by atoms with Gasteiger partial charge in [-0.3, -0.25) is 0 Å². The van der Waals surface area contributed by atoms with Crippen molar-refractivity contribution in [1.82, 2.24) is 0 Å². The van der Waals surface area contributed by atoms with E-state index in [0.29, 0.717) is 13.2 Å². The van der Waals surface area contributed by atoms with Gasteiger partial charge < -0.3 is 14.2 Å². The molecule has 4 nitrogen and oxygen atoms in total. The molecule has 0 bridgehead atoms. The van der Waals surface area contributed by atoms with Crippen LogP contribution in [0.15, 0.2) is 0 Å². The lowest BCUT2D eigenvalue weighted by Crippen LogP contribution is -2.36. The highest BCUT2D eigenvalue weighted by molar-refractivity contribution is 5.75. The van der Waals surface area contributed by atoms with Gasteiger partial charge in [0.25, 0.3) is 0 Å². The summed E-state index contributed by atoms with van der Waals surface area (Å²) in [5.41, 5.74) is 0. The SMILES string of the molecule is C#CCOC(=O)C1COCCO1. The Morgan fingerprint density at radius 2 is 2.50 bits per heavy atom. The maximum absolute atomic E-state index is 11.0. The number of carbonyl (C=O) groups excluding carboxylic acids is 1. The summed E-state index contributed by atoms with van der Waals surface area (Å²) in [6.45, 7) is 1.19. The number of hydrogen-bond acceptors (Lipinski definition) is 4. The first-order valence-corrected chi connectivity index (χ1v) is 3.64. The van der Waals surface area contributed by atoms with Crippen molar-refractivity contribution in [2.45, 2.75) is 6.10 Å². The molecule has 1 heterocycles. The highest BCUT2D eigenvalue weighted by atomic mass is 16.6. The molecule has 66 valence electrons. The summed E-state index contributed by atoms with van der Waals surface area (Å²) in [5.74, 6) is 1.75. The van der Waals surface area contributed by atoms with Gasteiger partial charge >= 0.3 is 5.97 Å². The Balaban J connectivity index is 2.26. The molecule has 1 atom stereocenters. The molecular formula is C8H10O4. The zero-order valence-corrected chi connectivity index (χ0v) is 6.62. The Hall–Kier alpha value is -1.05. The zero-order chi connectivity index (χ0) is 8.81. The van der Waals surface area contributed by atoms with Crippen LogP contribution in [0, 0.1) is 12.3 Å². The molecule has 1 aliphatic rings. The summed E-state index contributed by atoms with van der Waals surface area (Å²) in [5, 5.41) is 0. The van der Waals surface area contributed by atoms with Crippen molar-refractivity contribution in [3.8, 4) is 12.3 Å². The van der Waals surface area contributed by atoms with Gasteiger partial charge in [-0.05, 0) is 0 Å². The van der Waals surface area contributed by atoms with E-state index in [2.05, 4.69) is 10.7 Å². The minimum absolute atomic E-state index is 0.0152. The normalized spacial score (nSPS) is 22.8. The summed E-state index contributed by atoms with van der Waals surface area (Å²) in [6, 6.07) is 0. The molecule has 0 aliphatic carbocycles. The van der Waals surface area contributed by atoms with Gasteiger partial charge in [0.2, 0.25) is 0 Å². The van der Waals surface area contributed by atoms with Crippen LogP contribution < -0.4 is 0 Å². The molecule has 0 radical (unpaired) electrons. The van der Waals surface area contributed by atoms with E-state index >= 15 is 0 Å². The van der Waals surface area contributed by atoms with E-state index in [9.17, 15) is 4.79 Å². The van der Waals surface area contributed by atoms with Crippen molar-refractivity contribution in [2.24, 2.45) is 0 Å². The Kier molecular flexibility index (Phi) is 3.58. The second-order valence-electron chi connectivity index (χ2n) is 2.25. The second-order valence-corrected chi connectivity index (χ2v) is 2.25. The molecule has 0 amide bonds. The quantitative estimate of drug-likeness (QED) is 0.417. The third kappa shape index (κ3) is 2.53. The summed E-state index contributed by atoms with van der Waals surface area (Å²) in [6.07, 6.45) is 4.30. The lowest BCUT2D eigenvalue weighted by Gasteiger charge is -2.20. The summed E-state index contributed by atoms with van der Waals surface area (Å²) >= 11 is 0. The van der Waals surface area contributed by atoms with Gasteiger partial charge in [-0.1, -0.05) is 5.92 Å². The van der Waals surface area contributed by atoms with Crippen molar-refractivity contribution < 1.29 is 19.0 Å². The van der Waals surface area contributed by atoms with E-state index in [1.807, 2.05) is 0 Å². The van der Waals surface area contributed by atoms with Crippen molar-refractivity contribution in [1.29, 1.82) is 0 Å². The fourth-order valence-corrected chi connectivity index (χ4v) is 0.830. The molecule has 0 aromatic heterocycles. The molecule has 1 aliphatic heterocycles. The first kappa shape index (κ1) is 9.04. The summed E-state index contributed by atoms with van der Waals surface area (Å²) in [4.78, 5) is 11.0. The maximum atomic E-state index is 11.0. The lowest BCUT2D eigenvalue weighted by atomic mass is 10.3. The average molecular weight is 170 g/mol. The van der Waals surface area contributed by atoms with Crippen LogP contribution in [0.5, 0.6) is 0 Å². The maximum Gasteiger partial charge on any atom is 0.338 e. The molecule has 0 aromatic carbocycles. The van der Waals surface area contributed by atoms with Gasteiger partial charge in [0, 0.05) is 0 Å². The largest absolute Gasteiger partial charge is 0.451 e. The number of rotatable bonds is 2. The number of hydrogen-bond donors (Lipinski definition) is 0. The van der Waals surface area contributed by atoms with Crippen molar-refractivity contribution >= 4 is 5.97 Å². The van der Waals surface area contributed by atoms with E-state index < -0.39 is 12.1 Å². The Labute approximate surface area is 70.8 Å². The molecule has 12 heavy (non-hydrogen) atoms. The third-order valence-electron chi connectivity index (χ3n) is 1.38. The highest BCUT2D eigenvalue weighted by Gasteiger charge is 2.23. The van der Waals surface area contributed by atoms with E-state index in [-0.39, 0.29) is 13.2 Å². The molecule has 0 aromatic rings. The Morgan fingerprint density at radius 3 is 3.08 bits per heavy atom. The van der Waals surface area contributed by atoms with E-state index in [4.69, 9.17) is 15.9 Å². The number of ether oxygens (including phenoxy) is 3. The third-order valence-corrected chi connectivity index (χ3v) is 1.38. The summed E-state index contributed by atoms with van der Waals surface area (Å²) < 4.78 is 14.7. The molecule has 1 rings (SSSR count). The predicted octanol–water partition coefficient (Wildman–Crippen LogP) is -0.422. The lowest BCUT2D eigenvalue weighted by molar-refractivity contribution is -0.169. The van der Waals surface area contributed by atoms with Crippen LogP contribution in [0.2, 0.25) is 0 Å². The molecule has 1 unspecified atom stereocenters. The average Bonchev–Trinajstić information content (AvgIpc) is 2.15. The van der Waals surface area contributed by atoms with Crippen LogP contribution >= 0.6 is 0 Å². The molecule has 0 saturated carbocycles. The van der Waals surface area contributed by atoms with Gasteiger partial charge in [-0.2, -0.15) is 0 Å². The van der Waals surface area contributed by atoms with Crippen molar-refractivity contribution in [3.05, 3.63) is 0 Å². The first-order valence-electron chi connectivity index (χ1n) is 3.64. The van der Waals surface area contributed by atoms with Gasteiger partial charge in [0.1, 0.15) is 0 Å². The van der Waals surface area contributed by atoms with E-state index in [1.54, 1.807) is 0 Å². The van der Waals surface area contributed by atoms with Crippen LogP contribution in [0.3, 0.4) is 0 Å². The molecule has 1 fully saturated rings. The topological polar surface area (TPSA) is 44.8 Å². The van der Waals surface area contributed by atoms with Crippen LogP contribution in [-0.4, -0.2) is 38.5 Å². The number of esters is 1. The molecule has 0 N–H and O–H groups in total. The molecule has 1 saturated heterocycles. The zero-order valence-electron chi connectivity index (χ0n) is 6.62. The van der Waals surface area contributed by atoms with E-state index in [0.717, 1.165) is 0 Å². The van der Waals surface area contributed by atoms with Gasteiger partial charge in [0.05, 0.1) is 19.8 Å². The van der Waals surface area contributed by atoms with Crippen LogP contribution in [-0.2, 0) is 19.0 Å². The van der Waals surface area contributed by atoms with Crippen LogP contribution in [0.1, 0.15) is 0 Å². The molecule has 4 heteroatoms. The Bertz CT molecular complexity index is 188. The Morgan fingerprint density at radius 1 is 1.67 bits per heavy atom. The molecule has 0 spiro atoms. The minimum atomic E-state index is -0.605. The monoisotopic (exact) mass is 170 g/mol. The van der Waals surface area contributed by atoms with Gasteiger partial charge in [0.15, 0.2) is 12.7 Å². The minimum Gasteiger partial charge on any atom is -0.451 e. The van der Waals surface area contributed by atoms with Crippen LogP contribution in [0.25, 0.3) is 0 Å². The fraction of sp³-hybridized carbons (Fsp3) is 0.625. The summed E-state index contributed by atoms with van der Waals surface area (Å²) in [7, 11) is 0. The van der Waals surface area contributed by atoms with Crippen molar-refractivity contribution in [2.75, 3.05) is 26.4 Å². The van der Waals surface area contributed by atoms with Crippen LogP contribution in [0.4, 0.5) is 0 Å².